The van der Waals surface area contributed by atoms with Crippen molar-refractivity contribution in [3.05, 3.63) is 29.3 Å². The summed E-state index contributed by atoms with van der Waals surface area (Å²) in [6, 6.07) is 0. The number of likely N-dealkylation sites (tertiary alicyclic amines) is 2. The Morgan fingerprint density at radius 2 is 1.93 bits per heavy atom. The van der Waals surface area contributed by atoms with Crippen molar-refractivity contribution in [1.29, 1.82) is 0 Å². The lowest BCUT2D eigenvalue weighted by molar-refractivity contribution is 0.0698. The highest BCUT2D eigenvalue weighted by molar-refractivity contribution is 5.95. The largest absolute Gasteiger partial charge is 0.369 e. The Bertz CT molecular complexity index is 964. The van der Waals surface area contributed by atoms with E-state index in [1.807, 2.05) is 30.8 Å². The monoisotopic (exact) mass is 414 g/mol. The number of aryl methyl sites for hydroxylation is 2. The molecule has 2 aliphatic heterocycles. The molecule has 4 heterocycles. The smallest absolute Gasteiger partial charge is 0.274 e. The van der Waals surface area contributed by atoms with Crippen molar-refractivity contribution in [2.45, 2.75) is 20.4 Å². The van der Waals surface area contributed by atoms with Gasteiger partial charge in [0.25, 0.3) is 11.8 Å². The van der Waals surface area contributed by atoms with Gasteiger partial charge in [0.2, 0.25) is 0 Å². The molecular formula is C20H30N8O2. The molecule has 0 aliphatic carbocycles. The average Bonchev–Trinajstić information content (AvgIpc) is 3.41. The topological polar surface area (TPSA) is 116 Å². The first-order chi connectivity index (χ1) is 14.2. The molecule has 2 aromatic heterocycles. The summed E-state index contributed by atoms with van der Waals surface area (Å²) in [5, 5.41) is 4.23. The minimum atomic E-state index is -0.161. The summed E-state index contributed by atoms with van der Waals surface area (Å²) >= 11 is 0. The van der Waals surface area contributed by atoms with Crippen LogP contribution in [-0.4, -0.2) is 93.1 Å². The second-order valence-corrected chi connectivity index (χ2v) is 8.85. The molecule has 0 radical (unpaired) electrons. The predicted octanol–water partition coefficient (Wildman–Crippen LogP) is 0.293. The highest BCUT2D eigenvalue weighted by atomic mass is 16.2. The van der Waals surface area contributed by atoms with E-state index in [0.717, 1.165) is 13.1 Å². The third kappa shape index (κ3) is 3.45. The maximum atomic E-state index is 13.1. The molecule has 2 amide bonds. The molecular weight excluding hydrogens is 384 g/mol. The van der Waals surface area contributed by atoms with Gasteiger partial charge in [-0.15, -0.1) is 0 Å². The predicted molar refractivity (Wildman–Crippen MR) is 112 cm³/mol. The van der Waals surface area contributed by atoms with Gasteiger partial charge in [0.05, 0.1) is 11.8 Å². The van der Waals surface area contributed by atoms with Crippen LogP contribution in [-0.2, 0) is 6.54 Å². The fourth-order valence-electron chi connectivity index (χ4n) is 5.01. The Morgan fingerprint density at radius 3 is 2.47 bits per heavy atom. The van der Waals surface area contributed by atoms with Gasteiger partial charge in [-0.3, -0.25) is 14.3 Å². The van der Waals surface area contributed by atoms with E-state index in [4.69, 9.17) is 5.73 Å². The van der Waals surface area contributed by atoms with E-state index < -0.39 is 0 Å². The second kappa shape index (κ2) is 7.42. The van der Waals surface area contributed by atoms with Gasteiger partial charge in [-0.25, -0.2) is 4.98 Å². The van der Waals surface area contributed by atoms with Gasteiger partial charge in [0, 0.05) is 62.5 Å². The summed E-state index contributed by atoms with van der Waals surface area (Å²) in [6.07, 6.45) is 3.44. The lowest BCUT2D eigenvalue weighted by atomic mass is 9.80. The van der Waals surface area contributed by atoms with Crippen LogP contribution in [0.1, 0.15) is 33.5 Å². The number of hydrogen-bond donors (Lipinski definition) is 2. The van der Waals surface area contributed by atoms with E-state index in [1.54, 1.807) is 24.0 Å². The number of H-pyrrole nitrogens is 1. The van der Waals surface area contributed by atoms with Crippen molar-refractivity contribution >= 4 is 17.8 Å². The number of anilines is 1. The SMILES string of the molecule is CCn1cc(C(=O)N2C[C@@H]3CN(C(=O)c4nc(N)[nH]c4C)C[C@]3(CN(C)C)C2)cn1. The number of carbonyl (C=O) groups excluding carboxylic acids is 2. The molecule has 10 nitrogen and oxygen atoms in total. The number of imidazole rings is 1. The normalized spacial score (nSPS) is 23.4. The van der Waals surface area contributed by atoms with Crippen molar-refractivity contribution < 1.29 is 9.59 Å². The fraction of sp³-hybridized carbons (Fsp3) is 0.600. The van der Waals surface area contributed by atoms with Crippen molar-refractivity contribution in [3.63, 3.8) is 0 Å². The Labute approximate surface area is 176 Å². The summed E-state index contributed by atoms with van der Waals surface area (Å²) in [7, 11) is 4.06. The quantitative estimate of drug-likeness (QED) is 0.727. The van der Waals surface area contributed by atoms with Crippen LogP contribution in [0, 0.1) is 18.3 Å². The van der Waals surface area contributed by atoms with Crippen LogP contribution in [0.2, 0.25) is 0 Å². The van der Waals surface area contributed by atoms with E-state index in [2.05, 4.69) is 20.0 Å². The molecule has 0 spiro atoms. The van der Waals surface area contributed by atoms with Crippen LogP contribution in [0.4, 0.5) is 5.95 Å². The first-order valence-electron chi connectivity index (χ1n) is 10.3. The first kappa shape index (κ1) is 20.4. The highest BCUT2D eigenvalue weighted by Crippen LogP contribution is 2.43. The van der Waals surface area contributed by atoms with Crippen molar-refractivity contribution in [3.8, 4) is 0 Å². The van der Waals surface area contributed by atoms with Crippen LogP contribution in [0.25, 0.3) is 0 Å². The molecule has 2 atom stereocenters. The molecule has 3 N–H and O–H groups in total. The molecule has 0 unspecified atom stereocenters. The number of hydrogen-bond acceptors (Lipinski definition) is 6. The summed E-state index contributed by atoms with van der Waals surface area (Å²) in [5.74, 6) is 0.374. The minimum Gasteiger partial charge on any atom is -0.369 e. The summed E-state index contributed by atoms with van der Waals surface area (Å²) < 4.78 is 1.76. The Balaban J connectivity index is 1.54. The summed E-state index contributed by atoms with van der Waals surface area (Å²) in [5.41, 5.74) is 7.24. The zero-order valence-corrected chi connectivity index (χ0v) is 18.1. The number of aromatic nitrogens is 4. The number of aromatic amines is 1. The highest BCUT2D eigenvalue weighted by Gasteiger charge is 2.55. The van der Waals surface area contributed by atoms with Crippen LogP contribution in [0.15, 0.2) is 12.4 Å². The van der Waals surface area contributed by atoms with Gasteiger partial charge in [0.1, 0.15) is 0 Å². The number of nitrogens with two attached hydrogens (primary N) is 1. The van der Waals surface area contributed by atoms with Crippen LogP contribution in [0.5, 0.6) is 0 Å². The molecule has 0 saturated carbocycles. The van der Waals surface area contributed by atoms with Gasteiger partial charge in [0.15, 0.2) is 11.6 Å². The van der Waals surface area contributed by atoms with Gasteiger partial charge in [-0.2, -0.15) is 5.10 Å². The molecule has 10 heteroatoms. The number of nitrogen functional groups attached to an aromatic ring is 1. The van der Waals surface area contributed by atoms with E-state index in [-0.39, 0.29) is 29.1 Å². The lowest BCUT2D eigenvalue weighted by Gasteiger charge is -2.32. The Kier molecular flexibility index (Phi) is 5.05. The molecule has 0 bridgehead atoms. The standard InChI is InChI=1S/C20H30N8O2/c1-5-28-7-14(6-22-28)17(29)26-8-15-9-27(12-20(15,11-26)10-25(3)4)18(30)16-13(2)23-19(21)24-16/h6-7,15H,5,8-12H2,1-4H3,(H3,21,23,24)/t15-,20+/m1/s1. The Morgan fingerprint density at radius 1 is 1.27 bits per heavy atom. The van der Waals surface area contributed by atoms with E-state index in [0.29, 0.717) is 43.1 Å². The Hall–Kier alpha value is -2.88. The molecule has 2 fully saturated rings. The zero-order valence-electron chi connectivity index (χ0n) is 18.1. The maximum absolute atomic E-state index is 13.1. The third-order valence-corrected chi connectivity index (χ3v) is 6.27. The van der Waals surface area contributed by atoms with Crippen molar-refractivity contribution in [2.24, 2.45) is 11.3 Å². The number of nitrogens with zero attached hydrogens (tertiary/aromatic N) is 6. The third-order valence-electron chi connectivity index (χ3n) is 6.27. The minimum absolute atomic E-state index is 0.0102. The van der Waals surface area contributed by atoms with E-state index >= 15 is 0 Å². The molecule has 2 aliphatic rings. The summed E-state index contributed by atoms with van der Waals surface area (Å²) in [4.78, 5) is 39.2. The van der Waals surface area contributed by atoms with Crippen molar-refractivity contribution in [1.82, 2.24) is 34.4 Å². The van der Waals surface area contributed by atoms with Crippen LogP contribution >= 0.6 is 0 Å². The number of nitrogens with one attached hydrogen (secondary N) is 1. The zero-order chi connectivity index (χ0) is 21.6. The lowest BCUT2D eigenvalue weighted by Crippen LogP contribution is -2.43. The van der Waals surface area contributed by atoms with Gasteiger partial charge >= 0.3 is 0 Å². The van der Waals surface area contributed by atoms with Crippen molar-refractivity contribution in [2.75, 3.05) is 52.6 Å². The van der Waals surface area contributed by atoms with Crippen LogP contribution in [0.3, 0.4) is 0 Å². The number of fused-ring (bicyclic) bond motifs is 1. The van der Waals surface area contributed by atoms with Gasteiger partial charge in [-0.05, 0) is 27.9 Å². The van der Waals surface area contributed by atoms with E-state index in [9.17, 15) is 9.59 Å². The molecule has 2 aromatic rings. The summed E-state index contributed by atoms with van der Waals surface area (Å²) in [6.45, 7) is 7.80. The van der Waals surface area contributed by atoms with E-state index in [1.165, 1.54) is 0 Å². The maximum Gasteiger partial charge on any atom is 0.274 e. The molecule has 162 valence electrons. The number of carbonyl (C=O) groups is 2. The molecule has 30 heavy (non-hydrogen) atoms. The van der Waals surface area contributed by atoms with Crippen LogP contribution < -0.4 is 5.73 Å². The fourth-order valence-corrected chi connectivity index (χ4v) is 5.01. The first-order valence-corrected chi connectivity index (χ1v) is 10.3. The van der Waals surface area contributed by atoms with Gasteiger partial charge in [-0.1, -0.05) is 0 Å². The van der Waals surface area contributed by atoms with Gasteiger partial charge < -0.3 is 25.4 Å². The molecule has 4 rings (SSSR count). The average molecular weight is 415 g/mol. The molecule has 2 saturated heterocycles. The molecule has 0 aromatic carbocycles. The number of amides is 2. The second-order valence-electron chi connectivity index (χ2n) is 8.85. The number of rotatable bonds is 5.